The van der Waals surface area contributed by atoms with Crippen LogP contribution in [0.4, 0.5) is 4.39 Å². The maximum atomic E-state index is 13.4. The van der Waals surface area contributed by atoms with Crippen LogP contribution in [0.15, 0.2) is 78.9 Å². The number of benzene rings is 3. The minimum Gasteiger partial charge on any atom is -0.322 e. The van der Waals surface area contributed by atoms with Crippen molar-refractivity contribution in [2.45, 2.75) is 25.9 Å². The van der Waals surface area contributed by atoms with Crippen molar-refractivity contribution in [3.05, 3.63) is 113 Å². The number of aryl methyl sites for hydroxylation is 1. The van der Waals surface area contributed by atoms with Gasteiger partial charge >= 0.3 is 0 Å². The van der Waals surface area contributed by atoms with E-state index in [0.29, 0.717) is 12.2 Å². The van der Waals surface area contributed by atoms with Crippen molar-refractivity contribution in [1.82, 2.24) is 15.1 Å². The lowest BCUT2D eigenvalue weighted by molar-refractivity contribution is 0.0730. The Morgan fingerprint density at radius 3 is 2.29 bits per heavy atom. The molecule has 1 N–H and O–H groups in total. The molecule has 0 aliphatic carbocycles. The van der Waals surface area contributed by atoms with Gasteiger partial charge in [-0.05, 0) is 35.2 Å². The van der Waals surface area contributed by atoms with E-state index in [4.69, 9.17) is 0 Å². The predicted octanol–water partition coefficient (Wildman–Crippen LogP) is 5.52. The van der Waals surface area contributed by atoms with Gasteiger partial charge < -0.3 is 4.90 Å². The first-order valence-electron chi connectivity index (χ1n) is 10.4. The normalized spacial score (nSPS) is 15.4. The molecule has 1 aromatic heterocycles. The van der Waals surface area contributed by atoms with Crippen LogP contribution in [0.5, 0.6) is 0 Å². The smallest absolute Gasteiger partial charge is 0.273 e. The Morgan fingerprint density at radius 2 is 1.61 bits per heavy atom. The van der Waals surface area contributed by atoms with E-state index in [1.165, 1.54) is 17.7 Å². The molecule has 1 amide bonds. The fraction of sp³-hybridized carbons (Fsp3) is 0.154. The number of halogens is 1. The van der Waals surface area contributed by atoms with E-state index in [1.807, 2.05) is 35.2 Å². The number of carbonyl (C=O) groups is 1. The van der Waals surface area contributed by atoms with E-state index in [-0.39, 0.29) is 17.8 Å². The topological polar surface area (TPSA) is 49.0 Å². The third kappa shape index (κ3) is 3.42. The molecule has 5 rings (SSSR count). The van der Waals surface area contributed by atoms with Crippen molar-refractivity contribution in [2.75, 3.05) is 0 Å². The lowest BCUT2D eigenvalue weighted by Crippen LogP contribution is -2.29. The molecule has 0 fully saturated rings. The summed E-state index contributed by atoms with van der Waals surface area (Å²) in [6.07, 6.45) is 0.954. The summed E-state index contributed by atoms with van der Waals surface area (Å²) in [5.41, 5.74) is 6.32. The summed E-state index contributed by atoms with van der Waals surface area (Å²) < 4.78 is 13.4. The number of fused-ring (bicyclic) bond motifs is 1. The minimum atomic E-state index is -0.288. The van der Waals surface area contributed by atoms with Gasteiger partial charge in [0.05, 0.1) is 11.7 Å². The second-order valence-corrected chi connectivity index (χ2v) is 7.78. The molecule has 0 bridgehead atoms. The Bertz CT molecular complexity index is 1210. The molecular formula is C26H22FN3O. The van der Waals surface area contributed by atoms with E-state index in [1.54, 1.807) is 12.1 Å². The molecular weight excluding hydrogens is 389 g/mol. The van der Waals surface area contributed by atoms with E-state index in [0.717, 1.165) is 34.4 Å². The second kappa shape index (κ2) is 7.84. The van der Waals surface area contributed by atoms with Crippen LogP contribution >= 0.6 is 0 Å². The molecule has 2 heterocycles. The van der Waals surface area contributed by atoms with Crippen molar-refractivity contribution >= 4 is 5.91 Å². The lowest BCUT2D eigenvalue weighted by atomic mass is 9.95. The number of rotatable bonds is 5. The summed E-state index contributed by atoms with van der Waals surface area (Å²) in [6, 6.07) is 24.3. The molecule has 154 valence electrons. The molecule has 4 nitrogen and oxygen atoms in total. The van der Waals surface area contributed by atoms with Gasteiger partial charge in [-0.3, -0.25) is 9.89 Å². The van der Waals surface area contributed by atoms with Crippen LogP contribution in [-0.4, -0.2) is 21.0 Å². The molecule has 4 aromatic rings. The van der Waals surface area contributed by atoms with Crippen LogP contribution in [-0.2, 0) is 13.0 Å². The van der Waals surface area contributed by atoms with Gasteiger partial charge in [-0.1, -0.05) is 73.7 Å². The number of hydrogen-bond donors (Lipinski definition) is 1. The van der Waals surface area contributed by atoms with Crippen LogP contribution in [0.2, 0.25) is 0 Å². The van der Waals surface area contributed by atoms with E-state index in [2.05, 4.69) is 41.4 Å². The third-order valence-electron chi connectivity index (χ3n) is 5.88. The maximum absolute atomic E-state index is 13.4. The van der Waals surface area contributed by atoms with Crippen LogP contribution in [0.25, 0.3) is 11.3 Å². The standard InChI is InChI=1S/C26H22FN3O/c1-2-17-8-12-20(13-9-17)25-22-23(19-6-4-3-5-7-19)28-29-24(22)26(31)30(25)16-18-10-14-21(27)15-11-18/h3-15,25H,2,16H2,1H3,(H,28,29). The number of amides is 1. The molecule has 31 heavy (non-hydrogen) atoms. The lowest BCUT2D eigenvalue weighted by Gasteiger charge is -2.26. The number of carbonyl (C=O) groups excluding carboxylic acids is 1. The van der Waals surface area contributed by atoms with Crippen molar-refractivity contribution in [3.63, 3.8) is 0 Å². The summed E-state index contributed by atoms with van der Waals surface area (Å²) in [5, 5.41) is 7.48. The molecule has 1 atom stereocenters. The van der Waals surface area contributed by atoms with Crippen molar-refractivity contribution < 1.29 is 9.18 Å². The molecule has 3 aromatic carbocycles. The summed E-state index contributed by atoms with van der Waals surface area (Å²) in [4.78, 5) is 15.2. The molecule has 1 aliphatic rings. The molecule has 0 radical (unpaired) electrons. The van der Waals surface area contributed by atoms with E-state index in [9.17, 15) is 9.18 Å². The number of aromatic nitrogens is 2. The van der Waals surface area contributed by atoms with Gasteiger partial charge in [-0.15, -0.1) is 0 Å². The van der Waals surface area contributed by atoms with E-state index < -0.39 is 0 Å². The van der Waals surface area contributed by atoms with Crippen LogP contribution in [0.1, 0.15) is 45.7 Å². The number of H-pyrrole nitrogens is 1. The first kappa shape index (κ1) is 19.2. The quantitative estimate of drug-likeness (QED) is 0.470. The van der Waals surface area contributed by atoms with Crippen LogP contribution < -0.4 is 0 Å². The molecule has 1 aliphatic heterocycles. The molecule has 1 unspecified atom stereocenters. The number of hydrogen-bond acceptors (Lipinski definition) is 2. The Kier molecular flexibility index (Phi) is 4.86. The first-order chi connectivity index (χ1) is 15.2. The van der Waals surface area contributed by atoms with Gasteiger partial charge in [0.2, 0.25) is 0 Å². The maximum Gasteiger partial charge on any atom is 0.273 e. The summed E-state index contributed by atoms with van der Waals surface area (Å²) in [7, 11) is 0. The van der Waals surface area contributed by atoms with Gasteiger partial charge in [0.15, 0.2) is 0 Å². The number of aromatic amines is 1. The fourth-order valence-corrected chi connectivity index (χ4v) is 4.24. The highest BCUT2D eigenvalue weighted by molar-refractivity contribution is 6.00. The molecule has 0 saturated heterocycles. The Morgan fingerprint density at radius 1 is 0.935 bits per heavy atom. The van der Waals surface area contributed by atoms with Gasteiger partial charge in [-0.25, -0.2) is 4.39 Å². The Labute approximate surface area is 180 Å². The largest absolute Gasteiger partial charge is 0.322 e. The van der Waals surface area contributed by atoms with Gasteiger partial charge in [0, 0.05) is 17.7 Å². The minimum absolute atomic E-state index is 0.0985. The van der Waals surface area contributed by atoms with Gasteiger partial charge in [0.25, 0.3) is 5.91 Å². The Hall–Kier alpha value is -3.73. The highest BCUT2D eigenvalue weighted by Crippen LogP contribution is 2.43. The summed E-state index contributed by atoms with van der Waals surface area (Å²) in [5.74, 6) is -0.387. The zero-order chi connectivity index (χ0) is 21.4. The average molecular weight is 411 g/mol. The Balaban J connectivity index is 1.62. The van der Waals surface area contributed by atoms with E-state index >= 15 is 0 Å². The van der Waals surface area contributed by atoms with Crippen molar-refractivity contribution in [3.8, 4) is 11.3 Å². The van der Waals surface area contributed by atoms with Crippen molar-refractivity contribution in [1.29, 1.82) is 0 Å². The van der Waals surface area contributed by atoms with Crippen LogP contribution in [0, 0.1) is 5.82 Å². The third-order valence-corrected chi connectivity index (χ3v) is 5.88. The SMILES string of the molecule is CCc1ccc(C2c3c(-c4ccccc4)n[nH]c3C(=O)N2Cc2ccc(F)cc2)cc1. The predicted molar refractivity (Wildman–Crippen MR) is 118 cm³/mol. The fourth-order valence-electron chi connectivity index (χ4n) is 4.24. The average Bonchev–Trinajstić information content (AvgIpc) is 3.35. The monoisotopic (exact) mass is 411 g/mol. The highest BCUT2D eigenvalue weighted by atomic mass is 19.1. The summed E-state index contributed by atoms with van der Waals surface area (Å²) in [6.45, 7) is 2.51. The highest BCUT2D eigenvalue weighted by Gasteiger charge is 2.42. The molecule has 0 spiro atoms. The zero-order valence-corrected chi connectivity index (χ0v) is 17.2. The van der Waals surface area contributed by atoms with Crippen molar-refractivity contribution in [2.24, 2.45) is 0 Å². The molecule has 0 saturated carbocycles. The zero-order valence-electron chi connectivity index (χ0n) is 17.2. The number of nitrogens with zero attached hydrogens (tertiary/aromatic N) is 2. The van der Waals surface area contributed by atoms with Gasteiger partial charge in [-0.2, -0.15) is 5.10 Å². The second-order valence-electron chi connectivity index (χ2n) is 7.78. The van der Waals surface area contributed by atoms with Gasteiger partial charge in [0.1, 0.15) is 11.5 Å². The summed E-state index contributed by atoms with van der Waals surface area (Å²) >= 11 is 0. The first-order valence-corrected chi connectivity index (χ1v) is 10.4. The molecule has 5 heteroatoms. The number of nitrogens with one attached hydrogen (secondary N) is 1. The van der Waals surface area contributed by atoms with Crippen LogP contribution in [0.3, 0.4) is 0 Å².